The Kier molecular flexibility index (Phi) is 5.79. The van der Waals surface area contributed by atoms with E-state index in [0.29, 0.717) is 6.54 Å². The van der Waals surface area contributed by atoms with E-state index in [9.17, 15) is 22.4 Å². The normalized spacial score (nSPS) is 14.0. The molecule has 0 saturated carbocycles. The Morgan fingerprint density at radius 2 is 1.80 bits per heavy atom. The largest absolute Gasteiger partial charge is 0.416 e. The molecule has 2 aromatic rings. The number of benzene rings is 2. The number of nitrogens with one attached hydrogen (secondary N) is 2. The van der Waals surface area contributed by atoms with E-state index in [1.807, 2.05) is 0 Å². The molecular formula is C18H19F4N2O+. The highest BCUT2D eigenvalue weighted by Crippen LogP contribution is 2.30. The number of alkyl halides is 3. The number of rotatable bonds is 5. The third-order valence-electron chi connectivity index (χ3n) is 3.99. The van der Waals surface area contributed by atoms with Crippen molar-refractivity contribution in [3.63, 3.8) is 0 Å². The van der Waals surface area contributed by atoms with Crippen LogP contribution in [0.4, 0.5) is 23.2 Å². The highest BCUT2D eigenvalue weighted by atomic mass is 19.4. The number of carbonyl (C=O) groups excluding carboxylic acids is 1. The lowest BCUT2D eigenvalue weighted by molar-refractivity contribution is -0.907. The molecule has 0 saturated heterocycles. The Labute approximate surface area is 143 Å². The van der Waals surface area contributed by atoms with Gasteiger partial charge in [-0.25, -0.2) is 4.39 Å². The highest BCUT2D eigenvalue weighted by molar-refractivity contribution is 5.93. The molecule has 2 aromatic carbocycles. The molecule has 0 radical (unpaired) electrons. The van der Waals surface area contributed by atoms with Gasteiger partial charge in [-0.3, -0.25) is 4.79 Å². The van der Waals surface area contributed by atoms with Crippen molar-refractivity contribution in [3.8, 4) is 0 Å². The summed E-state index contributed by atoms with van der Waals surface area (Å²) in [7, 11) is 1.79. The van der Waals surface area contributed by atoms with E-state index in [0.717, 1.165) is 22.6 Å². The number of amides is 1. The quantitative estimate of drug-likeness (QED) is 0.795. The lowest BCUT2D eigenvalue weighted by Crippen LogP contribution is -3.12. The maximum Gasteiger partial charge on any atom is 0.416 e. The Morgan fingerprint density at radius 1 is 1.16 bits per heavy atom. The first kappa shape index (κ1) is 18.9. The van der Waals surface area contributed by atoms with Crippen molar-refractivity contribution < 1.29 is 27.3 Å². The molecule has 3 nitrogen and oxygen atoms in total. The Balaban J connectivity index is 2.01. The van der Waals surface area contributed by atoms with Crippen molar-refractivity contribution in [2.75, 3.05) is 12.4 Å². The SMILES string of the molecule is C[C@H](C(=O)Nc1cccc(C(F)(F)F)c1)[NH+](C)Cc1ccc(F)cc1. The second kappa shape index (κ2) is 7.65. The minimum atomic E-state index is -4.46. The molecule has 0 fully saturated rings. The average molecular weight is 355 g/mol. The van der Waals surface area contributed by atoms with Crippen molar-refractivity contribution >= 4 is 11.6 Å². The van der Waals surface area contributed by atoms with Crippen molar-refractivity contribution in [2.24, 2.45) is 0 Å². The van der Waals surface area contributed by atoms with Crippen LogP contribution in [0.1, 0.15) is 18.1 Å². The first-order chi connectivity index (χ1) is 11.7. The molecule has 134 valence electrons. The van der Waals surface area contributed by atoms with Crippen LogP contribution in [0.2, 0.25) is 0 Å². The van der Waals surface area contributed by atoms with E-state index in [2.05, 4.69) is 5.32 Å². The Morgan fingerprint density at radius 3 is 2.40 bits per heavy atom. The summed E-state index contributed by atoms with van der Waals surface area (Å²) in [6.07, 6.45) is -4.46. The van der Waals surface area contributed by atoms with Crippen LogP contribution in [0.3, 0.4) is 0 Å². The van der Waals surface area contributed by atoms with E-state index in [4.69, 9.17) is 0 Å². The van der Waals surface area contributed by atoms with Gasteiger partial charge in [0.05, 0.1) is 12.6 Å². The number of hydrogen-bond donors (Lipinski definition) is 2. The Bertz CT molecular complexity index is 729. The number of quaternary nitrogens is 1. The Hall–Kier alpha value is -2.41. The predicted octanol–water partition coefficient (Wildman–Crippen LogP) is 2.89. The van der Waals surface area contributed by atoms with Gasteiger partial charge in [-0.05, 0) is 37.3 Å². The second-order valence-corrected chi connectivity index (χ2v) is 5.94. The van der Waals surface area contributed by atoms with Crippen LogP contribution in [-0.2, 0) is 17.5 Å². The van der Waals surface area contributed by atoms with Gasteiger partial charge in [0.1, 0.15) is 12.4 Å². The van der Waals surface area contributed by atoms with Crippen LogP contribution in [0.25, 0.3) is 0 Å². The number of halogens is 4. The fourth-order valence-corrected chi connectivity index (χ4v) is 2.32. The minimum absolute atomic E-state index is 0.0984. The summed E-state index contributed by atoms with van der Waals surface area (Å²) >= 11 is 0. The van der Waals surface area contributed by atoms with E-state index in [1.54, 1.807) is 26.1 Å². The van der Waals surface area contributed by atoms with Gasteiger partial charge >= 0.3 is 6.18 Å². The van der Waals surface area contributed by atoms with Crippen molar-refractivity contribution in [1.29, 1.82) is 0 Å². The zero-order valence-electron chi connectivity index (χ0n) is 13.8. The smallest absolute Gasteiger partial charge is 0.324 e. The molecular weight excluding hydrogens is 336 g/mol. The summed E-state index contributed by atoms with van der Waals surface area (Å²) < 4.78 is 51.1. The van der Waals surface area contributed by atoms with Crippen molar-refractivity contribution in [1.82, 2.24) is 0 Å². The van der Waals surface area contributed by atoms with Crippen LogP contribution in [0, 0.1) is 5.82 Å². The van der Waals surface area contributed by atoms with Gasteiger partial charge in [-0.1, -0.05) is 18.2 Å². The van der Waals surface area contributed by atoms with E-state index < -0.39 is 17.8 Å². The zero-order chi connectivity index (χ0) is 18.6. The van der Waals surface area contributed by atoms with Crippen molar-refractivity contribution in [3.05, 3.63) is 65.5 Å². The van der Waals surface area contributed by atoms with Gasteiger partial charge < -0.3 is 10.2 Å². The van der Waals surface area contributed by atoms with Crippen LogP contribution >= 0.6 is 0 Å². The van der Waals surface area contributed by atoms with Crippen LogP contribution in [0.5, 0.6) is 0 Å². The molecule has 0 spiro atoms. The predicted molar refractivity (Wildman–Crippen MR) is 86.5 cm³/mol. The van der Waals surface area contributed by atoms with Gasteiger partial charge in [-0.2, -0.15) is 13.2 Å². The molecule has 0 aliphatic carbocycles. The first-order valence-corrected chi connectivity index (χ1v) is 7.71. The molecule has 0 aliphatic heterocycles. The van der Waals surface area contributed by atoms with Gasteiger partial charge in [0, 0.05) is 11.3 Å². The van der Waals surface area contributed by atoms with E-state index in [1.165, 1.54) is 24.3 Å². The van der Waals surface area contributed by atoms with Crippen molar-refractivity contribution in [2.45, 2.75) is 25.7 Å². The number of carbonyl (C=O) groups is 1. The molecule has 25 heavy (non-hydrogen) atoms. The lowest BCUT2D eigenvalue weighted by atomic mass is 10.1. The molecule has 2 rings (SSSR count). The zero-order valence-corrected chi connectivity index (χ0v) is 13.8. The van der Waals surface area contributed by atoms with Gasteiger partial charge in [-0.15, -0.1) is 0 Å². The number of likely N-dealkylation sites (N-methyl/N-ethyl adjacent to an activating group) is 1. The van der Waals surface area contributed by atoms with Gasteiger partial charge in [0.15, 0.2) is 6.04 Å². The van der Waals surface area contributed by atoms with Gasteiger partial charge in [0.25, 0.3) is 5.91 Å². The van der Waals surface area contributed by atoms with Crippen LogP contribution < -0.4 is 10.2 Å². The third kappa shape index (κ3) is 5.29. The highest BCUT2D eigenvalue weighted by Gasteiger charge is 2.31. The molecule has 7 heteroatoms. The molecule has 2 atom stereocenters. The summed E-state index contributed by atoms with van der Waals surface area (Å²) in [6.45, 7) is 2.17. The third-order valence-corrected chi connectivity index (χ3v) is 3.99. The first-order valence-electron chi connectivity index (χ1n) is 7.71. The maximum absolute atomic E-state index is 12.9. The minimum Gasteiger partial charge on any atom is -0.324 e. The second-order valence-electron chi connectivity index (χ2n) is 5.94. The fourth-order valence-electron chi connectivity index (χ4n) is 2.32. The maximum atomic E-state index is 12.9. The fraction of sp³-hybridized carbons (Fsp3) is 0.278. The molecule has 1 unspecified atom stereocenters. The average Bonchev–Trinajstić information content (AvgIpc) is 2.55. The number of hydrogen-bond acceptors (Lipinski definition) is 1. The summed E-state index contributed by atoms with van der Waals surface area (Å²) in [4.78, 5) is 13.1. The topological polar surface area (TPSA) is 33.5 Å². The molecule has 0 aromatic heterocycles. The van der Waals surface area contributed by atoms with Crippen LogP contribution in [0.15, 0.2) is 48.5 Å². The number of anilines is 1. The monoisotopic (exact) mass is 355 g/mol. The lowest BCUT2D eigenvalue weighted by Gasteiger charge is -2.21. The molecule has 1 amide bonds. The summed E-state index contributed by atoms with van der Waals surface area (Å²) in [5.74, 6) is -0.726. The van der Waals surface area contributed by atoms with Crippen LogP contribution in [-0.4, -0.2) is 19.0 Å². The summed E-state index contributed by atoms with van der Waals surface area (Å²) in [6, 6.07) is 9.97. The molecule has 0 bridgehead atoms. The van der Waals surface area contributed by atoms with E-state index in [-0.39, 0.29) is 17.4 Å². The molecule has 0 aliphatic rings. The molecule has 0 heterocycles. The van der Waals surface area contributed by atoms with E-state index >= 15 is 0 Å². The van der Waals surface area contributed by atoms with Gasteiger partial charge in [0.2, 0.25) is 0 Å². The summed E-state index contributed by atoms with van der Waals surface area (Å²) in [5.41, 5.74) is 0.142. The summed E-state index contributed by atoms with van der Waals surface area (Å²) in [5, 5.41) is 2.51. The molecule has 2 N–H and O–H groups in total. The standard InChI is InChI=1S/C18H18F4N2O/c1-12(24(2)11-13-6-8-15(19)9-7-13)17(25)23-16-5-3-4-14(10-16)18(20,21)22/h3-10,12H,11H2,1-2H3,(H,23,25)/p+1/t12-/m1/s1.